The summed E-state index contributed by atoms with van der Waals surface area (Å²) < 4.78 is 1.14. The van der Waals surface area contributed by atoms with E-state index < -0.39 is 0 Å². The molecular formula is C20H30NO2+. The largest absolute Gasteiger partial charge is 0.395 e. The molecule has 0 amide bonds. The maximum atomic E-state index is 13.1. The molecule has 0 radical (unpaired) electrons. The lowest BCUT2D eigenvalue weighted by Gasteiger charge is -2.50. The van der Waals surface area contributed by atoms with Gasteiger partial charge in [-0.25, -0.2) is 0 Å². The quantitative estimate of drug-likeness (QED) is 0.848. The molecule has 23 heavy (non-hydrogen) atoms. The summed E-state index contributed by atoms with van der Waals surface area (Å²) >= 11 is 0. The van der Waals surface area contributed by atoms with Gasteiger partial charge in [0.05, 0.1) is 37.7 Å². The smallest absolute Gasteiger partial charge is 0.146 e. The monoisotopic (exact) mass is 316 g/mol. The minimum absolute atomic E-state index is 0.0784. The van der Waals surface area contributed by atoms with Crippen LogP contribution in [0.5, 0.6) is 0 Å². The maximum Gasteiger partial charge on any atom is 0.146 e. The van der Waals surface area contributed by atoms with Crippen molar-refractivity contribution in [3.8, 4) is 0 Å². The van der Waals surface area contributed by atoms with Crippen molar-refractivity contribution >= 4 is 5.78 Å². The average molecular weight is 316 g/mol. The van der Waals surface area contributed by atoms with E-state index in [1.165, 1.54) is 12.8 Å². The Balaban J connectivity index is 1.78. The van der Waals surface area contributed by atoms with Crippen LogP contribution in [0.1, 0.15) is 51.0 Å². The topological polar surface area (TPSA) is 37.3 Å². The summed E-state index contributed by atoms with van der Waals surface area (Å²) in [5, 5.41) is 9.79. The fraction of sp³-hybridized carbons (Fsp3) is 0.650. The zero-order chi connectivity index (χ0) is 16.6. The molecule has 2 bridgehead atoms. The third-order valence-electron chi connectivity index (χ3n) is 6.76. The van der Waals surface area contributed by atoms with Gasteiger partial charge in [0.2, 0.25) is 0 Å². The number of hydrogen-bond donors (Lipinski definition) is 1. The Hall–Kier alpha value is -1.19. The molecule has 1 aromatic rings. The molecule has 0 unspecified atom stereocenters. The van der Waals surface area contributed by atoms with E-state index in [0.29, 0.717) is 18.1 Å². The average Bonchev–Trinajstić information content (AvgIpc) is 2.75. The molecule has 1 aromatic carbocycles. The molecule has 2 saturated heterocycles. The number of carbonyl (C=O) groups excluding carboxylic acids is 1. The zero-order valence-corrected chi connectivity index (χ0v) is 14.6. The minimum Gasteiger partial charge on any atom is -0.395 e. The summed E-state index contributed by atoms with van der Waals surface area (Å²) in [6, 6.07) is 11.6. The van der Waals surface area contributed by atoms with Crippen LogP contribution < -0.4 is 0 Å². The van der Waals surface area contributed by atoms with E-state index in [1.54, 1.807) is 0 Å². The first kappa shape index (κ1) is 16.7. The van der Waals surface area contributed by atoms with E-state index in [-0.39, 0.29) is 24.2 Å². The van der Waals surface area contributed by atoms with Gasteiger partial charge >= 0.3 is 0 Å². The highest BCUT2D eigenvalue weighted by atomic mass is 16.3. The zero-order valence-electron chi connectivity index (χ0n) is 14.6. The van der Waals surface area contributed by atoms with E-state index in [9.17, 15) is 9.90 Å². The molecule has 0 spiro atoms. The highest BCUT2D eigenvalue weighted by molar-refractivity contribution is 5.88. The number of quaternary nitrogens is 1. The fourth-order valence-corrected chi connectivity index (χ4v) is 5.09. The van der Waals surface area contributed by atoms with E-state index >= 15 is 0 Å². The molecule has 2 heterocycles. The Labute approximate surface area is 139 Å². The molecule has 0 aliphatic carbocycles. The number of piperidine rings is 1. The number of Topliss-reactive ketones (excluding diaryl/α,β-unsaturated/α-hetero) is 1. The molecule has 0 aromatic heterocycles. The van der Waals surface area contributed by atoms with Crippen LogP contribution in [0.15, 0.2) is 30.3 Å². The molecule has 3 atom stereocenters. The van der Waals surface area contributed by atoms with Crippen molar-refractivity contribution in [1.82, 2.24) is 0 Å². The van der Waals surface area contributed by atoms with Gasteiger partial charge in [-0.2, -0.15) is 0 Å². The van der Waals surface area contributed by atoms with Crippen LogP contribution in [0.2, 0.25) is 0 Å². The number of nitrogens with zero attached hydrogens (tertiary/aromatic N) is 1. The van der Waals surface area contributed by atoms with E-state index in [4.69, 9.17) is 0 Å². The molecule has 2 fully saturated rings. The van der Waals surface area contributed by atoms with Crippen LogP contribution in [0, 0.1) is 5.92 Å². The minimum atomic E-state index is -0.350. The lowest BCUT2D eigenvalue weighted by Crippen LogP contribution is -2.62. The highest BCUT2D eigenvalue weighted by Gasteiger charge is 2.54. The number of fused-ring (bicyclic) bond motifs is 2. The first-order valence-corrected chi connectivity index (χ1v) is 9.03. The Kier molecular flexibility index (Phi) is 4.61. The van der Waals surface area contributed by atoms with Crippen LogP contribution >= 0.6 is 0 Å². The Morgan fingerprint density at radius 2 is 1.74 bits per heavy atom. The number of aliphatic hydroxyl groups excluding tert-OH is 1. The molecular weight excluding hydrogens is 286 g/mol. The molecule has 3 nitrogen and oxygen atoms in total. The van der Waals surface area contributed by atoms with Gasteiger partial charge < -0.3 is 9.59 Å². The van der Waals surface area contributed by atoms with Crippen molar-refractivity contribution in [1.29, 1.82) is 0 Å². The third-order valence-corrected chi connectivity index (χ3v) is 6.76. The number of rotatable bonds is 5. The normalized spacial score (nSPS) is 34.6. The molecule has 3 rings (SSSR count). The highest BCUT2D eigenvalue weighted by Crippen LogP contribution is 2.46. The SMILES string of the molecule is CC(C)[N+]1(C)[C@H]2CC[C@H]1CC(C(=O)[C@H](CO)c1ccccc1)C2. The second kappa shape index (κ2) is 6.37. The van der Waals surface area contributed by atoms with Crippen LogP contribution in [-0.2, 0) is 4.79 Å². The standard InChI is InChI=1S/C20H30NO2/c1-14(2)21(3)17-9-10-18(21)12-16(11-17)20(23)19(13-22)15-7-5-4-6-8-15/h4-8,14,16-19,22H,9-13H2,1-3H3/q+1/t16?,17-,18-,19+,21?/m0/s1. The molecule has 1 N–H and O–H groups in total. The summed E-state index contributed by atoms with van der Waals surface area (Å²) in [5.41, 5.74) is 0.957. The van der Waals surface area contributed by atoms with Gasteiger partial charge in [-0.3, -0.25) is 4.79 Å². The van der Waals surface area contributed by atoms with E-state index in [0.717, 1.165) is 22.9 Å². The van der Waals surface area contributed by atoms with Crippen molar-refractivity contribution in [3.63, 3.8) is 0 Å². The van der Waals surface area contributed by atoms with Gasteiger partial charge in [-0.15, -0.1) is 0 Å². The summed E-state index contributed by atoms with van der Waals surface area (Å²) in [6.07, 6.45) is 4.48. The molecule has 2 aliphatic heterocycles. The summed E-state index contributed by atoms with van der Waals surface area (Å²) in [4.78, 5) is 13.1. The number of ketones is 1. The first-order chi connectivity index (χ1) is 11.0. The van der Waals surface area contributed by atoms with Crippen molar-refractivity contribution < 1.29 is 14.4 Å². The fourth-order valence-electron chi connectivity index (χ4n) is 5.09. The van der Waals surface area contributed by atoms with Gasteiger partial charge in [-0.05, 0) is 19.4 Å². The predicted molar refractivity (Wildman–Crippen MR) is 92.1 cm³/mol. The Morgan fingerprint density at radius 1 is 1.17 bits per heavy atom. The summed E-state index contributed by atoms with van der Waals surface area (Å²) in [6.45, 7) is 4.55. The Morgan fingerprint density at radius 3 is 2.22 bits per heavy atom. The summed E-state index contributed by atoms with van der Waals surface area (Å²) in [5.74, 6) is 0.0249. The van der Waals surface area contributed by atoms with Crippen LogP contribution in [0.25, 0.3) is 0 Å². The lowest BCUT2D eigenvalue weighted by molar-refractivity contribution is -0.968. The van der Waals surface area contributed by atoms with E-state index in [1.807, 2.05) is 30.3 Å². The van der Waals surface area contributed by atoms with E-state index in [2.05, 4.69) is 20.9 Å². The molecule has 0 saturated carbocycles. The van der Waals surface area contributed by atoms with Crippen molar-refractivity contribution in [2.75, 3.05) is 13.7 Å². The number of aliphatic hydroxyl groups is 1. The van der Waals surface area contributed by atoms with Gasteiger partial charge in [0.15, 0.2) is 0 Å². The first-order valence-electron chi connectivity index (χ1n) is 9.03. The van der Waals surface area contributed by atoms with Crippen molar-refractivity contribution in [3.05, 3.63) is 35.9 Å². The molecule has 126 valence electrons. The number of hydrogen-bond acceptors (Lipinski definition) is 2. The van der Waals surface area contributed by atoms with Crippen LogP contribution in [0.4, 0.5) is 0 Å². The lowest BCUT2D eigenvalue weighted by atomic mass is 9.79. The van der Waals surface area contributed by atoms with Crippen molar-refractivity contribution in [2.45, 2.75) is 63.6 Å². The Bertz CT molecular complexity index is 540. The van der Waals surface area contributed by atoms with Crippen molar-refractivity contribution in [2.24, 2.45) is 5.92 Å². The second-order valence-electron chi connectivity index (χ2n) is 7.92. The van der Waals surface area contributed by atoms with Gasteiger partial charge in [0.1, 0.15) is 5.78 Å². The van der Waals surface area contributed by atoms with Crippen LogP contribution in [-0.4, -0.2) is 47.2 Å². The molecule has 3 heteroatoms. The number of carbonyl (C=O) groups is 1. The predicted octanol–water partition coefficient (Wildman–Crippen LogP) is 3.13. The van der Waals surface area contributed by atoms with Gasteiger partial charge in [0, 0.05) is 31.6 Å². The maximum absolute atomic E-state index is 13.1. The summed E-state index contributed by atoms with van der Waals surface area (Å²) in [7, 11) is 2.38. The number of benzene rings is 1. The van der Waals surface area contributed by atoms with Gasteiger partial charge in [0.25, 0.3) is 0 Å². The third kappa shape index (κ3) is 2.74. The van der Waals surface area contributed by atoms with Gasteiger partial charge in [-0.1, -0.05) is 30.3 Å². The van der Waals surface area contributed by atoms with Crippen LogP contribution in [0.3, 0.4) is 0 Å². The molecule has 2 aliphatic rings. The second-order valence-corrected chi connectivity index (χ2v) is 7.92.